The Morgan fingerprint density at radius 1 is 1.18 bits per heavy atom. The van der Waals surface area contributed by atoms with Crippen LogP contribution in [0.25, 0.3) is 0 Å². The van der Waals surface area contributed by atoms with Crippen molar-refractivity contribution in [3.63, 3.8) is 0 Å². The van der Waals surface area contributed by atoms with Crippen molar-refractivity contribution in [1.29, 1.82) is 0 Å². The Bertz CT molecular complexity index is 932. The largest absolute Gasteiger partial charge is 0.486 e. The van der Waals surface area contributed by atoms with Gasteiger partial charge in [0.05, 0.1) is 5.75 Å². The van der Waals surface area contributed by atoms with Gasteiger partial charge in [-0.1, -0.05) is 51.4 Å². The van der Waals surface area contributed by atoms with Gasteiger partial charge in [-0.2, -0.15) is 0 Å². The normalized spacial score (nSPS) is 10.7. The zero-order valence-corrected chi connectivity index (χ0v) is 18.2. The van der Waals surface area contributed by atoms with Gasteiger partial charge in [-0.05, 0) is 42.0 Å². The topological polar surface area (TPSA) is 69.0 Å². The van der Waals surface area contributed by atoms with Gasteiger partial charge in [-0.15, -0.1) is 10.2 Å². The lowest BCUT2D eigenvalue weighted by atomic mass is 10.2. The first kappa shape index (κ1) is 20.7. The molecular formula is C19H18BrClN4O2S. The molecule has 1 amide bonds. The van der Waals surface area contributed by atoms with Crippen LogP contribution in [-0.2, 0) is 25.0 Å². The number of halogens is 2. The van der Waals surface area contributed by atoms with E-state index in [4.69, 9.17) is 16.3 Å². The van der Waals surface area contributed by atoms with E-state index >= 15 is 0 Å². The third kappa shape index (κ3) is 5.98. The zero-order chi connectivity index (χ0) is 19.9. The van der Waals surface area contributed by atoms with Crippen LogP contribution in [-0.4, -0.2) is 26.4 Å². The minimum atomic E-state index is -0.0735. The Balaban J connectivity index is 1.46. The van der Waals surface area contributed by atoms with Gasteiger partial charge in [0.15, 0.2) is 11.0 Å². The minimum absolute atomic E-state index is 0.0735. The predicted molar refractivity (Wildman–Crippen MR) is 113 cm³/mol. The maximum absolute atomic E-state index is 12.1. The summed E-state index contributed by atoms with van der Waals surface area (Å²) in [5, 5.41) is 12.5. The molecule has 3 rings (SSSR count). The second-order valence-electron chi connectivity index (χ2n) is 5.89. The molecule has 28 heavy (non-hydrogen) atoms. The summed E-state index contributed by atoms with van der Waals surface area (Å²) >= 11 is 10.6. The van der Waals surface area contributed by atoms with E-state index in [1.54, 1.807) is 12.1 Å². The van der Waals surface area contributed by atoms with Gasteiger partial charge in [-0.25, -0.2) is 0 Å². The summed E-state index contributed by atoms with van der Waals surface area (Å²) in [5.41, 5.74) is 0.994. The van der Waals surface area contributed by atoms with Crippen LogP contribution in [0.5, 0.6) is 5.75 Å². The van der Waals surface area contributed by atoms with E-state index in [0.29, 0.717) is 29.2 Å². The Hall–Kier alpha value is -2.03. The van der Waals surface area contributed by atoms with Crippen molar-refractivity contribution in [2.75, 3.05) is 5.75 Å². The number of nitrogens with one attached hydrogen (secondary N) is 1. The standard InChI is InChI=1S/C19H18BrClN4O2S/c1-25-17(11-27-16-8-4-14(20)5-9-16)23-24-19(25)28-12-18(26)22-10-13-2-6-15(21)7-3-13/h2-9H,10-12H2,1H3,(H,22,26). The maximum atomic E-state index is 12.1. The molecule has 0 radical (unpaired) electrons. The van der Waals surface area contributed by atoms with Crippen LogP contribution < -0.4 is 10.1 Å². The predicted octanol–water partition coefficient (Wildman–Crippen LogP) is 4.22. The van der Waals surface area contributed by atoms with Crippen molar-refractivity contribution in [2.45, 2.75) is 18.3 Å². The summed E-state index contributed by atoms with van der Waals surface area (Å²) in [6.45, 7) is 0.760. The highest BCUT2D eigenvalue weighted by Gasteiger charge is 2.12. The fourth-order valence-corrected chi connectivity index (χ4v) is 3.41. The summed E-state index contributed by atoms with van der Waals surface area (Å²) in [4.78, 5) is 12.1. The summed E-state index contributed by atoms with van der Waals surface area (Å²) in [7, 11) is 1.86. The number of hydrogen-bond acceptors (Lipinski definition) is 5. The van der Waals surface area contributed by atoms with Gasteiger partial charge in [0.1, 0.15) is 12.4 Å². The van der Waals surface area contributed by atoms with E-state index in [1.165, 1.54) is 11.8 Å². The van der Waals surface area contributed by atoms with Gasteiger partial charge in [0.25, 0.3) is 0 Å². The molecule has 0 aliphatic heterocycles. The Kier molecular flexibility index (Phi) is 7.36. The monoisotopic (exact) mass is 480 g/mol. The first-order valence-corrected chi connectivity index (χ1v) is 10.6. The minimum Gasteiger partial charge on any atom is -0.486 e. The summed E-state index contributed by atoms with van der Waals surface area (Å²) in [5.74, 6) is 1.62. The Morgan fingerprint density at radius 3 is 2.61 bits per heavy atom. The first-order chi connectivity index (χ1) is 13.5. The van der Waals surface area contributed by atoms with E-state index in [1.807, 2.05) is 48.0 Å². The maximum Gasteiger partial charge on any atom is 0.230 e. The van der Waals surface area contributed by atoms with E-state index in [2.05, 4.69) is 31.4 Å². The van der Waals surface area contributed by atoms with Crippen molar-refractivity contribution in [1.82, 2.24) is 20.1 Å². The number of amides is 1. The molecule has 2 aromatic carbocycles. The lowest BCUT2D eigenvalue weighted by Gasteiger charge is -2.07. The summed E-state index contributed by atoms with van der Waals surface area (Å²) in [6, 6.07) is 14.9. The molecule has 0 aliphatic carbocycles. The summed E-state index contributed by atoms with van der Waals surface area (Å²) in [6.07, 6.45) is 0. The van der Waals surface area contributed by atoms with Gasteiger partial charge in [-0.3, -0.25) is 4.79 Å². The fourth-order valence-electron chi connectivity index (χ4n) is 2.26. The number of benzene rings is 2. The lowest BCUT2D eigenvalue weighted by Crippen LogP contribution is -2.24. The smallest absolute Gasteiger partial charge is 0.230 e. The Morgan fingerprint density at radius 2 is 1.89 bits per heavy atom. The van der Waals surface area contributed by atoms with Crippen LogP contribution in [0.4, 0.5) is 0 Å². The van der Waals surface area contributed by atoms with Gasteiger partial charge < -0.3 is 14.6 Å². The molecule has 1 heterocycles. The number of nitrogens with zero attached hydrogens (tertiary/aromatic N) is 3. The molecule has 1 N–H and O–H groups in total. The average Bonchev–Trinajstić information content (AvgIpc) is 3.05. The second kappa shape index (κ2) is 9.95. The molecular weight excluding hydrogens is 464 g/mol. The Labute approximate surface area is 180 Å². The molecule has 0 fully saturated rings. The van der Waals surface area contributed by atoms with Gasteiger partial charge >= 0.3 is 0 Å². The van der Waals surface area contributed by atoms with Crippen LogP contribution in [0.3, 0.4) is 0 Å². The number of carbonyl (C=O) groups is 1. The molecule has 3 aromatic rings. The van der Waals surface area contributed by atoms with Gasteiger partial charge in [0, 0.05) is 23.1 Å². The molecule has 0 unspecified atom stereocenters. The molecule has 1 aromatic heterocycles. The quantitative estimate of drug-likeness (QED) is 0.488. The van der Waals surface area contributed by atoms with Crippen LogP contribution in [0.15, 0.2) is 58.2 Å². The third-order valence-electron chi connectivity index (χ3n) is 3.84. The van der Waals surface area contributed by atoms with E-state index in [-0.39, 0.29) is 11.7 Å². The highest BCUT2D eigenvalue weighted by Crippen LogP contribution is 2.19. The molecule has 146 valence electrons. The van der Waals surface area contributed by atoms with E-state index < -0.39 is 0 Å². The number of ether oxygens (including phenoxy) is 1. The number of aromatic nitrogens is 3. The second-order valence-corrected chi connectivity index (χ2v) is 8.19. The molecule has 0 bridgehead atoms. The molecule has 0 saturated carbocycles. The van der Waals surface area contributed by atoms with Crippen molar-refractivity contribution >= 4 is 45.2 Å². The van der Waals surface area contributed by atoms with Crippen molar-refractivity contribution in [3.05, 3.63) is 69.4 Å². The first-order valence-electron chi connectivity index (χ1n) is 8.42. The SMILES string of the molecule is Cn1c(COc2ccc(Br)cc2)nnc1SCC(=O)NCc1ccc(Cl)cc1. The highest BCUT2D eigenvalue weighted by atomic mass is 79.9. The van der Waals surface area contributed by atoms with Crippen molar-refractivity contribution < 1.29 is 9.53 Å². The number of hydrogen-bond donors (Lipinski definition) is 1. The molecule has 0 saturated heterocycles. The molecule has 0 atom stereocenters. The van der Waals surface area contributed by atoms with Gasteiger partial charge in [0.2, 0.25) is 5.91 Å². The van der Waals surface area contributed by atoms with Crippen LogP contribution in [0.2, 0.25) is 5.02 Å². The average molecular weight is 482 g/mol. The van der Waals surface area contributed by atoms with E-state index in [9.17, 15) is 4.79 Å². The van der Waals surface area contributed by atoms with Crippen LogP contribution in [0, 0.1) is 0 Å². The highest BCUT2D eigenvalue weighted by molar-refractivity contribution is 9.10. The number of thioether (sulfide) groups is 1. The molecule has 0 aliphatic rings. The third-order valence-corrected chi connectivity index (χ3v) is 5.64. The molecule has 0 spiro atoms. The molecule has 9 heteroatoms. The van der Waals surface area contributed by atoms with Crippen LogP contribution in [0.1, 0.15) is 11.4 Å². The fraction of sp³-hybridized carbons (Fsp3) is 0.211. The van der Waals surface area contributed by atoms with E-state index in [0.717, 1.165) is 15.8 Å². The van der Waals surface area contributed by atoms with Crippen LogP contribution >= 0.6 is 39.3 Å². The summed E-state index contributed by atoms with van der Waals surface area (Å²) < 4.78 is 8.54. The number of carbonyl (C=O) groups excluding carboxylic acids is 1. The lowest BCUT2D eigenvalue weighted by molar-refractivity contribution is -0.118. The van der Waals surface area contributed by atoms with Crippen molar-refractivity contribution in [2.24, 2.45) is 7.05 Å². The molecule has 6 nitrogen and oxygen atoms in total. The van der Waals surface area contributed by atoms with Crippen molar-refractivity contribution in [3.8, 4) is 5.75 Å². The number of rotatable bonds is 8. The zero-order valence-electron chi connectivity index (χ0n) is 15.1.